The number of nitrogens with two attached hydrogens (primary N) is 1. The highest BCUT2D eigenvalue weighted by molar-refractivity contribution is 6.33. The predicted octanol–water partition coefficient (Wildman–Crippen LogP) is 2.56. The van der Waals surface area contributed by atoms with Crippen LogP contribution in [0.15, 0.2) is 23.4 Å². The lowest BCUT2D eigenvalue weighted by molar-refractivity contribution is -0.117. The van der Waals surface area contributed by atoms with Crippen molar-refractivity contribution in [2.75, 3.05) is 5.32 Å². The zero-order chi connectivity index (χ0) is 13.8. The van der Waals surface area contributed by atoms with Crippen molar-refractivity contribution in [2.45, 2.75) is 25.7 Å². The van der Waals surface area contributed by atoms with Gasteiger partial charge in [0.15, 0.2) is 5.84 Å². The number of benzene rings is 1. The van der Waals surface area contributed by atoms with E-state index in [4.69, 9.17) is 22.5 Å². The Bertz CT molecular complexity index is 513. The molecule has 19 heavy (non-hydrogen) atoms. The van der Waals surface area contributed by atoms with Crippen LogP contribution in [0.2, 0.25) is 5.02 Å². The quantitative estimate of drug-likeness (QED) is 0.343. The summed E-state index contributed by atoms with van der Waals surface area (Å²) < 4.78 is 0. The fourth-order valence-corrected chi connectivity index (χ4v) is 2.16. The lowest BCUT2D eigenvalue weighted by atomic mass is 9.83. The Morgan fingerprint density at radius 1 is 1.53 bits per heavy atom. The molecule has 4 N–H and O–H groups in total. The van der Waals surface area contributed by atoms with E-state index in [1.807, 2.05) is 0 Å². The number of anilines is 1. The maximum absolute atomic E-state index is 11.8. The van der Waals surface area contributed by atoms with Crippen molar-refractivity contribution in [3.63, 3.8) is 0 Å². The number of nitrogens with one attached hydrogen (secondary N) is 1. The third kappa shape index (κ3) is 3.38. The van der Waals surface area contributed by atoms with Crippen LogP contribution in [0.3, 0.4) is 0 Å². The Kier molecular flexibility index (Phi) is 4.27. The van der Waals surface area contributed by atoms with E-state index in [1.54, 1.807) is 18.2 Å². The number of hydrogen-bond donors (Lipinski definition) is 3. The van der Waals surface area contributed by atoms with Gasteiger partial charge in [0.2, 0.25) is 5.91 Å². The Labute approximate surface area is 116 Å². The molecule has 0 heterocycles. The van der Waals surface area contributed by atoms with E-state index in [1.165, 1.54) is 6.42 Å². The maximum Gasteiger partial charge on any atom is 0.224 e. The number of halogens is 1. The molecule has 0 bridgehead atoms. The summed E-state index contributed by atoms with van der Waals surface area (Å²) in [6.45, 7) is 0. The zero-order valence-corrected chi connectivity index (χ0v) is 11.2. The van der Waals surface area contributed by atoms with Crippen LogP contribution in [0.5, 0.6) is 0 Å². The average Bonchev–Trinajstić information content (AvgIpc) is 2.35. The Hall–Kier alpha value is -1.75. The van der Waals surface area contributed by atoms with Crippen molar-refractivity contribution in [1.82, 2.24) is 0 Å². The molecule has 1 aliphatic rings. The number of nitrogens with zero attached hydrogens (tertiary/aromatic N) is 1. The van der Waals surface area contributed by atoms with E-state index < -0.39 is 0 Å². The molecule has 1 fully saturated rings. The fourth-order valence-electron chi connectivity index (χ4n) is 2.00. The zero-order valence-electron chi connectivity index (χ0n) is 10.4. The number of amides is 1. The summed E-state index contributed by atoms with van der Waals surface area (Å²) in [5, 5.41) is 14.7. The summed E-state index contributed by atoms with van der Waals surface area (Å²) in [4.78, 5) is 11.8. The molecular weight excluding hydrogens is 266 g/mol. The standard InChI is InChI=1S/C13H16ClN3O2/c14-10-5-4-9(13(15)17-19)7-11(10)16-12(18)6-8-2-1-3-8/h4-5,7-8,19H,1-3,6H2,(H2,15,17)(H,16,18). The van der Waals surface area contributed by atoms with Gasteiger partial charge in [-0.25, -0.2) is 0 Å². The second-order valence-corrected chi connectivity index (χ2v) is 5.14. The van der Waals surface area contributed by atoms with Gasteiger partial charge >= 0.3 is 0 Å². The molecule has 0 spiro atoms. The largest absolute Gasteiger partial charge is 0.409 e. The van der Waals surface area contributed by atoms with Gasteiger partial charge in [0.05, 0.1) is 10.7 Å². The molecule has 1 amide bonds. The fraction of sp³-hybridized carbons (Fsp3) is 0.385. The van der Waals surface area contributed by atoms with E-state index >= 15 is 0 Å². The number of carbonyl (C=O) groups excluding carboxylic acids is 1. The van der Waals surface area contributed by atoms with Crippen molar-refractivity contribution in [1.29, 1.82) is 0 Å². The van der Waals surface area contributed by atoms with E-state index in [-0.39, 0.29) is 11.7 Å². The molecule has 0 aliphatic heterocycles. The number of carbonyl (C=O) groups is 1. The van der Waals surface area contributed by atoms with Crippen LogP contribution in [0.4, 0.5) is 5.69 Å². The van der Waals surface area contributed by atoms with Crippen molar-refractivity contribution in [3.05, 3.63) is 28.8 Å². The van der Waals surface area contributed by atoms with E-state index in [9.17, 15) is 4.79 Å². The molecule has 0 radical (unpaired) electrons. The number of amidine groups is 1. The van der Waals surface area contributed by atoms with E-state index in [2.05, 4.69) is 10.5 Å². The molecule has 0 saturated heterocycles. The Morgan fingerprint density at radius 2 is 2.26 bits per heavy atom. The second kappa shape index (κ2) is 5.93. The van der Waals surface area contributed by atoms with Gasteiger partial charge in [-0.1, -0.05) is 23.2 Å². The van der Waals surface area contributed by atoms with E-state index in [0.29, 0.717) is 28.6 Å². The number of rotatable bonds is 4. The molecule has 0 atom stereocenters. The van der Waals surface area contributed by atoms with E-state index in [0.717, 1.165) is 12.8 Å². The maximum atomic E-state index is 11.8. The first-order chi connectivity index (χ1) is 9.10. The predicted molar refractivity (Wildman–Crippen MR) is 74.6 cm³/mol. The molecule has 0 unspecified atom stereocenters. The first-order valence-corrected chi connectivity index (χ1v) is 6.55. The first-order valence-electron chi connectivity index (χ1n) is 6.17. The van der Waals surface area contributed by atoms with Gasteiger partial charge in [0.25, 0.3) is 0 Å². The summed E-state index contributed by atoms with van der Waals surface area (Å²) in [6.07, 6.45) is 3.96. The molecule has 1 aliphatic carbocycles. The highest BCUT2D eigenvalue weighted by Crippen LogP contribution is 2.30. The summed E-state index contributed by atoms with van der Waals surface area (Å²) >= 11 is 6.01. The lowest BCUT2D eigenvalue weighted by Gasteiger charge is -2.24. The molecule has 6 heteroatoms. The molecule has 1 saturated carbocycles. The van der Waals surface area contributed by atoms with Crippen LogP contribution in [-0.2, 0) is 4.79 Å². The lowest BCUT2D eigenvalue weighted by Crippen LogP contribution is -2.21. The van der Waals surface area contributed by atoms with Crippen LogP contribution < -0.4 is 11.1 Å². The highest BCUT2D eigenvalue weighted by Gasteiger charge is 2.21. The molecule has 102 valence electrons. The van der Waals surface area contributed by atoms with Crippen molar-refractivity contribution in [3.8, 4) is 0 Å². The Balaban J connectivity index is 2.07. The SMILES string of the molecule is N/C(=N/O)c1ccc(Cl)c(NC(=O)CC2CCC2)c1. The van der Waals surface area contributed by atoms with Gasteiger partial charge in [0, 0.05) is 12.0 Å². The molecule has 2 rings (SSSR count). The van der Waals surface area contributed by atoms with Gasteiger partial charge in [-0.3, -0.25) is 4.79 Å². The van der Waals surface area contributed by atoms with Crippen LogP contribution in [0.1, 0.15) is 31.2 Å². The summed E-state index contributed by atoms with van der Waals surface area (Å²) in [5.74, 6) is 0.417. The topological polar surface area (TPSA) is 87.7 Å². The third-order valence-corrected chi connectivity index (χ3v) is 3.67. The minimum atomic E-state index is -0.0525. The molecular formula is C13H16ClN3O2. The molecule has 1 aromatic carbocycles. The van der Waals surface area contributed by atoms with Gasteiger partial charge < -0.3 is 16.3 Å². The first kappa shape index (κ1) is 13.7. The van der Waals surface area contributed by atoms with Crippen molar-refractivity contribution in [2.24, 2.45) is 16.8 Å². The van der Waals surface area contributed by atoms with Gasteiger partial charge in [-0.2, -0.15) is 0 Å². The van der Waals surface area contributed by atoms with Crippen LogP contribution in [-0.4, -0.2) is 17.0 Å². The molecule has 1 aromatic rings. The van der Waals surface area contributed by atoms with Gasteiger partial charge in [-0.05, 0) is 37.0 Å². The third-order valence-electron chi connectivity index (χ3n) is 3.34. The monoisotopic (exact) mass is 281 g/mol. The van der Waals surface area contributed by atoms with Crippen molar-refractivity contribution < 1.29 is 10.0 Å². The Morgan fingerprint density at radius 3 is 2.84 bits per heavy atom. The molecule has 0 aromatic heterocycles. The molecule has 5 nitrogen and oxygen atoms in total. The van der Waals surface area contributed by atoms with Crippen LogP contribution in [0.25, 0.3) is 0 Å². The number of hydrogen-bond acceptors (Lipinski definition) is 3. The van der Waals surface area contributed by atoms with Crippen LogP contribution in [0, 0.1) is 5.92 Å². The minimum absolute atomic E-state index is 0.0221. The van der Waals surface area contributed by atoms with Gasteiger partial charge in [-0.15, -0.1) is 0 Å². The average molecular weight is 282 g/mol. The van der Waals surface area contributed by atoms with Crippen LogP contribution >= 0.6 is 11.6 Å². The summed E-state index contributed by atoms with van der Waals surface area (Å²) in [7, 11) is 0. The summed E-state index contributed by atoms with van der Waals surface area (Å²) in [6, 6.07) is 4.82. The van der Waals surface area contributed by atoms with Gasteiger partial charge in [0.1, 0.15) is 0 Å². The number of oxime groups is 1. The second-order valence-electron chi connectivity index (χ2n) is 4.73. The smallest absolute Gasteiger partial charge is 0.224 e. The normalized spacial score (nSPS) is 15.9. The minimum Gasteiger partial charge on any atom is -0.409 e. The highest BCUT2D eigenvalue weighted by atomic mass is 35.5. The van der Waals surface area contributed by atoms with Crippen molar-refractivity contribution >= 4 is 29.0 Å². The summed E-state index contributed by atoms with van der Waals surface area (Å²) in [5.41, 5.74) is 6.49.